The number of nitrogens with one attached hydrogen (secondary N) is 1. The average molecular weight is 461 g/mol. The lowest BCUT2D eigenvalue weighted by molar-refractivity contribution is -0.150. The summed E-state index contributed by atoms with van der Waals surface area (Å²) in [4.78, 5) is 17.6. The minimum absolute atomic E-state index is 0.265. The molecule has 4 rings (SSSR count). The van der Waals surface area contributed by atoms with Gasteiger partial charge in [0.2, 0.25) is 0 Å². The van der Waals surface area contributed by atoms with Crippen molar-refractivity contribution in [2.45, 2.75) is 44.7 Å². The summed E-state index contributed by atoms with van der Waals surface area (Å²) in [6.45, 7) is 5.72. The van der Waals surface area contributed by atoms with Crippen LogP contribution in [0.25, 0.3) is 16.8 Å². The third-order valence-corrected chi connectivity index (χ3v) is 6.31. The molecule has 2 unspecified atom stereocenters. The number of aromatic nitrogens is 3. The van der Waals surface area contributed by atoms with Crippen LogP contribution in [-0.2, 0) is 21.1 Å². The molecule has 3 heterocycles. The van der Waals surface area contributed by atoms with Gasteiger partial charge in [0.05, 0.1) is 24.1 Å². The quantitative estimate of drug-likeness (QED) is 0.544. The molecule has 0 aliphatic carbocycles. The molecule has 2 aromatic heterocycles. The summed E-state index contributed by atoms with van der Waals surface area (Å²) >= 11 is 0. The number of piperidine rings is 1. The van der Waals surface area contributed by atoms with Gasteiger partial charge in [0.25, 0.3) is 0 Å². The van der Waals surface area contributed by atoms with Gasteiger partial charge in [-0.05, 0) is 75.9 Å². The normalized spacial score (nSPS) is 18.8. The van der Waals surface area contributed by atoms with Crippen LogP contribution in [0.3, 0.4) is 0 Å². The summed E-state index contributed by atoms with van der Waals surface area (Å²) in [5.74, 6) is -0.0176. The van der Waals surface area contributed by atoms with Crippen molar-refractivity contribution in [3.8, 4) is 11.1 Å². The molecule has 1 aromatic carbocycles. The highest BCUT2D eigenvalue weighted by Gasteiger charge is 2.41. The second kappa shape index (κ2) is 9.13. The summed E-state index contributed by atoms with van der Waals surface area (Å²) in [7, 11) is 0. The largest absolute Gasteiger partial charge is 0.465 e. The van der Waals surface area contributed by atoms with Gasteiger partial charge in [-0.15, -0.1) is 0 Å². The van der Waals surface area contributed by atoms with E-state index < -0.39 is 17.2 Å². The van der Waals surface area contributed by atoms with Gasteiger partial charge in [-0.3, -0.25) is 4.79 Å². The summed E-state index contributed by atoms with van der Waals surface area (Å²) in [5.41, 5.74) is 0.615. The van der Waals surface area contributed by atoms with E-state index in [2.05, 4.69) is 15.4 Å². The number of alkyl halides is 3. The molecule has 1 saturated heterocycles. The van der Waals surface area contributed by atoms with Gasteiger partial charge in [-0.25, -0.2) is 9.50 Å². The number of carbonyl (C=O) groups is 1. The number of esters is 1. The Balaban J connectivity index is 1.76. The van der Waals surface area contributed by atoms with Crippen molar-refractivity contribution >= 4 is 11.6 Å². The average Bonchev–Trinajstić information content (AvgIpc) is 3.23. The maximum Gasteiger partial charge on any atom is 0.416 e. The Bertz CT molecular complexity index is 1120. The summed E-state index contributed by atoms with van der Waals surface area (Å²) in [6.07, 6.45) is 1.44. The molecule has 176 valence electrons. The first-order valence-corrected chi connectivity index (χ1v) is 11.1. The standard InChI is InChI=1S/C24H27F3N4O2/c1-3-33-22(32)23(2,13-16-5-4-11-28-14-16)20-10-12-29-21-19(15-30-31(20)21)17-6-8-18(9-7-17)24(25,26)27/h6-10,12,15-16,28H,3-5,11,13-14H2,1-2H3. The topological polar surface area (TPSA) is 68.5 Å². The molecule has 6 nitrogen and oxygen atoms in total. The number of nitrogens with zero attached hydrogens (tertiary/aromatic N) is 3. The van der Waals surface area contributed by atoms with Gasteiger partial charge in [0, 0.05) is 11.8 Å². The number of benzene rings is 1. The molecule has 0 bridgehead atoms. The first-order chi connectivity index (χ1) is 15.7. The second-order valence-electron chi connectivity index (χ2n) is 8.67. The van der Waals surface area contributed by atoms with E-state index in [9.17, 15) is 18.0 Å². The SMILES string of the molecule is CCOC(=O)C(C)(CC1CCCNC1)c1ccnc2c(-c3ccc(C(F)(F)F)cc3)cnn12. The van der Waals surface area contributed by atoms with Crippen LogP contribution < -0.4 is 5.32 Å². The maximum atomic E-state index is 13.2. The van der Waals surface area contributed by atoms with E-state index >= 15 is 0 Å². The minimum atomic E-state index is -4.40. The minimum Gasteiger partial charge on any atom is -0.465 e. The van der Waals surface area contributed by atoms with Crippen LogP contribution in [0.1, 0.15) is 44.4 Å². The molecule has 0 radical (unpaired) electrons. The molecule has 2 atom stereocenters. The molecule has 1 aliphatic rings. The fourth-order valence-electron chi connectivity index (χ4n) is 4.61. The van der Waals surface area contributed by atoms with Crippen LogP contribution in [0.2, 0.25) is 0 Å². The highest BCUT2D eigenvalue weighted by molar-refractivity contribution is 5.83. The molecule has 9 heteroatoms. The number of rotatable bonds is 6. The lowest BCUT2D eigenvalue weighted by atomic mass is 9.76. The highest BCUT2D eigenvalue weighted by atomic mass is 19.4. The number of halogens is 3. The molecule has 0 spiro atoms. The molecule has 1 N–H and O–H groups in total. The molecule has 1 aliphatic heterocycles. The molecule has 33 heavy (non-hydrogen) atoms. The predicted octanol–water partition coefficient (Wildman–Crippen LogP) is 4.63. The number of hydrogen-bond acceptors (Lipinski definition) is 5. The van der Waals surface area contributed by atoms with Crippen LogP contribution >= 0.6 is 0 Å². The monoisotopic (exact) mass is 460 g/mol. The Morgan fingerprint density at radius 2 is 2.00 bits per heavy atom. The van der Waals surface area contributed by atoms with Gasteiger partial charge in [-0.1, -0.05) is 12.1 Å². The Labute approximate surface area is 190 Å². The first kappa shape index (κ1) is 23.2. The van der Waals surface area contributed by atoms with Crippen LogP contribution in [0, 0.1) is 5.92 Å². The zero-order valence-corrected chi connectivity index (χ0v) is 18.7. The fraction of sp³-hybridized carbons (Fsp3) is 0.458. The van der Waals surface area contributed by atoms with E-state index in [0.29, 0.717) is 34.8 Å². The summed E-state index contributed by atoms with van der Waals surface area (Å²) < 4.78 is 45.9. The third-order valence-electron chi connectivity index (χ3n) is 6.31. The maximum absolute atomic E-state index is 13.2. The van der Waals surface area contributed by atoms with Gasteiger partial charge in [0.1, 0.15) is 5.41 Å². The van der Waals surface area contributed by atoms with E-state index in [-0.39, 0.29) is 12.6 Å². The van der Waals surface area contributed by atoms with Gasteiger partial charge < -0.3 is 10.1 Å². The Hall–Kier alpha value is -2.94. The van der Waals surface area contributed by atoms with Crippen molar-refractivity contribution < 1.29 is 22.7 Å². The number of hydrogen-bond donors (Lipinski definition) is 1. The van der Waals surface area contributed by atoms with Crippen molar-refractivity contribution in [1.82, 2.24) is 19.9 Å². The summed E-state index contributed by atoms with van der Waals surface area (Å²) in [5, 5.41) is 7.87. The smallest absolute Gasteiger partial charge is 0.416 e. The van der Waals surface area contributed by atoms with Crippen LogP contribution in [0.15, 0.2) is 42.7 Å². The number of fused-ring (bicyclic) bond motifs is 1. The van der Waals surface area contributed by atoms with E-state index in [0.717, 1.165) is 38.1 Å². The van der Waals surface area contributed by atoms with E-state index in [1.807, 2.05) is 6.92 Å². The number of ether oxygens (including phenoxy) is 1. The van der Waals surface area contributed by atoms with E-state index in [4.69, 9.17) is 4.74 Å². The molecule has 0 saturated carbocycles. The Kier molecular flexibility index (Phi) is 6.43. The van der Waals surface area contributed by atoms with E-state index in [1.54, 1.807) is 29.9 Å². The molecular weight excluding hydrogens is 433 g/mol. The zero-order valence-electron chi connectivity index (χ0n) is 18.7. The van der Waals surface area contributed by atoms with Gasteiger partial charge in [0.15, 0.2) is 5.65 Å². The zero-order chi connectivity index (χ0) is 23.6. The molecule has 0 amide bonds. The molecular formula is C24H27F3N4O2. The fourth-order valence-corrected chi connectivity index (χ4v) is 4.61. The lowest BCUT2D eigenvalue weighted by Gasteiger charge is -2.33. The molecule has 3 aromatic rings. The van der Waals surface area contributed by atoms with Crippen molar-refractivity contribution in [1.29, 1.82) is 0 Å². The highest BCUT2D eigenvalue weighted by Crippen LogP contribution is 2.36. The van der Waals surface area contributed by atoms with Gasteiger partial charge >= 0.3 is 12.1 Å². The van der Waals surface area contributed by atoms with Crippen molar-refractivity contribution in [3.63, 3.8) is 0 Å². The van der Waals surface area contributed by atoms with Crippen LogP contribution in [0.5, 0.6) is 0 Å². The number of carbonyl (C=O) groups excluding carboxylic acids is 1. The van der Waals surface area contributed by atoms with Crippen LogP contribution in [0.4, 0.5) is 13.2 Å². The predicted molar refractivity (Wildman–Crippen MR) is 118 cm³/mol. The van der Waals surface area contributed by atoms with Crippen molar-refractivity contribution in [2.75, 3.05) is 19.7 Å². The van der Waals surface area contributed by atoms with Crippen molar-refractivity contribution in [2.24, 2.45) is 5.92 Å². The van der Waals surface area contributed by atoms with Crippen molar-refractivity contribution in [3.05, 3.63) is 54.0 Å². The Morgan fingerprint density at radius 1 is 1.24 bits per heavy atom. The summed E-state index contributed by atoms with van der Waals surface area (Å²) in [6, 6.07) is 6.67. The Morgan fingerprint density at radius 3 is 2.64 bits per heavy atom. The van der Waals surface area contributed by atoms with E-state index in [1.165, 1.54) is 12.1 Å². The second-order valence-corrected chi connectivity index (χ2v) is 8.67. The molecule has 1 fully saturated rings. The van der Waals surface area contributed by atoms with Crippen LogP contribution in [-0.4, -0.2) is 40.3 Å². The lowest BCUT2D eigenvalue weighted by Crippen LogP contribution is -2.41. The third kappa shape index (κ3) is 4.59. The first-order valence-electron chi connectivity index (χ1n) is 11.1. The van der Waals surface area contributed by atoms with Gasteiger partial charge in [-0.2, -0.15) is 18.3 Å².